The van der Waals surface area contributed by atoms with Gasteiger partial charge in [0.25, 0.3) is 0 Å². The second-order valence-corrected chi connectivity index (χ2v) is 3.37. The van der Waals surface area contributed by atoms with Crippen LogP contribution < -0.4 is 58.2 Å². The first-order valence-corrected chi connectivity index (χ1v) is 4.15. The zero-order valence-electron chi connectivity index (χ0n) is 7.61. The van der Waals surface area contributed by atoms with E-state index < -0.39 is 0 Å². The Hall–Kier alpha value is 1.81. The Morgan fingerprint density at radius 1 is 1.00 bits per heavy atom. The van der Waals surface area contributed by atoms with Gasteiger partial charge in [0.05, 0.1) is 0 Å². The summed E-state index contributed by atoms with van der Waals surface area (Å²) in [6, 6.07) is 0. The van der Waals surface area contributed by atoms with Crippen molar-refractivity contribution in [3.05, 3.63) is 5.92 Å². The Labute approximate surface area is 114 Å². The molecule has 0 atom stereocenters. The molecule has 1 rings (SSSR count). The van der Waals surface area contributed by atoms with Crippen molar-refractivity contribution in [2.24, 2.45) is 5.92 Å². The molecule has 0 radical (unpaired) electrons. The summed E-state index contributed by atoms with van der Waals surface area (Å²) in [4.78, 5) is 0. The van der Waals surface area contributed by atoms with Gasteiger partial charge in [-0.3, -0.25) is 0 Å². The molecule has 0 bridgehead atoms. The van der Waals surface area contributed by atoms with Crippen molar-refractivity contribution >= 4 is 0 Å². The van der Waals surface area contributed by atoms with Gasteiger partial charge in [-0.05, 0) is 0 Å². The number of hydrogen-bond donors (Lipinski definition) is 0. The Morgan fingerprint density at radius 3 is 1.80 bits per heavy atom. The first kappa shape index (κ1) is 11.8. The van der Waals surface area contributed by atoms with Crippen molar-refractivity contribution in [1.29, 1.82) is 0 Å². The molecule has 54 valence electrons. The quantitative estimate of drug-likeness (QED) is 0.542. The largest absolute Gasteiger partial charge is 1.00 e. The molecule has 0 spiro atoms. The topological polar surface area (TPSA) is 0 Å². The van der Waals surface area contributed by atoms with E-state index >= 15 is 0 Å². The van der Waals surface area contributed by atoms with Crippen LogP contribution >= 0.6 is 0 Å². The van der Waals surface area contributed by atoms with Gasteiger partial charge < -0.3 is 5.92 Å². The van der Waals surface area contributed by atoms with Crippen molar-refractivity contribution in [1.82, 2.24) is 0 Å². The van der Waals surface area contributed by atoms with Crippen LogP contribution in [0, 0.1) is 11.8 Å². The van der Waals surface area contributed by atoms with Crippen molar-refractivity contribution in [2.75, 3.05) is 0 Å². The van der Waals surface area contributed by atoms with Crippen molar-refractivity contribution in [2.45, 2.75) is 46.0 Å². The van der Waals surface area contributed by atoms with E-state index in [0.717, 1.165) is 5.92 Å². The molecule has 0 aromatic heterocycles. The monoisotopic (exact) mass is 210 g/mol. The first-order chi connectivity index (χ1) is 4.30. The van der Waals surface area contributed by atoms with Crippen LogP contribution in [0.25, 0.3) is 0 Å². The summed E-state index contributed by atoms with van der Waals surface area (Å²) < 4.78 is 0. The molecular formula is C9H17Rb. The van der Waals surface area contributed by atoms with Crippen LogP contribution in [0.3, 0.4) is 0 Å². The second kappa shape index (κ2) is 6.34. The molecule has 1 heteroatoms. The number of rotatable bonds is 1. The molecule has 0 nitrogen and oxygen atoms in total. The predicted molar refractivity (Wildman–Crippen MR) is 41.2 cm³/mol. The van der Waals surface area contributed by atoms with Crippen molar-refractivity contribution in [3.63, 3.8) is 0 Å². The molecule has 0 heterocycles. The van der Waals surface area contributed by atoms with Crippen LogP contribution in [0.15, 0.2) is 0 Å². The Balaban J connectivity index is 0.000000810. The summed E-state index contributed by atoms with van der Waals surface area (Å²) in [6.07, 6.45) is 7.20. The van der Waals surface area contributed by atoms with E-state index in [2.05, 4.69) is 13.8 Å². The molecule has 0 aliphatic heterocycles. The van der Waals surface area contributed by atoms with E-state index in [4.69, 9.17) is 0 Å². The van der Waals surface area contributed by atoms with Gasteiger partial charge in [0, 0.05) is 0 Å². The minimum absolute atomic E-state index is 0. The zero-order valence-corrected chi connectivity index (χ0v) is 12.5. The van der Waals surface area contributed by atoms with E-state index in [0.29, 0.717) is 0 Å². The minimum Gasteiger partial charge on any atom is -0.311 e. The fourth-order valence-electron chi connectivity index (χ4n) is 1.58. The van der Waals surface area contributed by atoms with Gasteiger partial charge >= 0.3 is 58.2 Å². The van der Waals surface area contributed by atoms with Crippen LogP contribution in [0.5, 0.6) is 0 Å². The molecule has 1 aliphatic carbocycles. The normalized spacial score (nSPS) is 20.7. The van der Waals surface area contributed by atoms with Crippen LogP contribution in [0.4, 0.5) is 0 Å². The summed E-state index contributed by atoms with van der Waals surface area (Å²) in [5, 5.41) is 0. The van der Waals surface area contributed by atoms with Gasteiger partial charge in [-0.15, -0.1) is 0 Å². The SMILES string of the molecule is CC(C)[C-]1CCCCC1.[Rb+]. The third kappa shape index (κ3) is 3.99. The van der Waals surface area contributed by atoms with Crippen LogP contribution in [-0.2, 0) is 0 Å². The predicted octanol–water partition coefficient (Wildman–Crippen LogP) is 0.185. The van der Waals surface area contributed by atoms with E-state index in [1.165, 1.54) is 32.1 Å². The molecule has 0 saturated heterocycles. The molecule has 0 amide bonds. The number of hydrogen-bond acceptors (Lipinski definition) is 0. The van der Waals surface area contributed by atoms with Crippen LogP contribution in [0.2, 0.25) is 0 Å². The van der Waals surface area contributed by atoms with Gasteiger partial charge in [-0.1, -0.05) is 33.1 Å². The Bertz CT molecular complexity index is 72.8. The third-order valence-electron chi connectivity index (χ3n) is 2.31. The van der Waals surface area contributed by atoms with E-state index in [1.54, 1.807) is 5.92 Å². The summed E-state index contributed by atoms with van der Waals surface area (Å²) in [5.41, 5.74) is 0. The molecule has 1 saturated carbocycles. The summed E-state index contributed by atoms with van der Waals surface area (Å²) >= 11 is 0. The smallest absolute Gasteiger partial charge is 0.311 e. The third-order valence-corrected chi connectivity index (χ3v) is 2.31. The van der Waals surface area contributed by atoms with Crippen LogP contribution in [0.1, 0.15) is 46.0 Å². The average molecular weight is 211 g/mol. The van der Waals surface area contributed by atoms with E-state index in [1.807, 2.05) is 0 Å². The standard InChI is InChI=1S/C9H17.Rb/c1-8(2)9-6-4-3-5-7-9;/h8H,3-7H2,1-2H3;/q-1;+1. The summed E-state index contributed by atoms with van der Waals surface area (Å²) in [5.74, 6) is 2.66. The maximum absolute atomic E-state index is 2.32. The summed E-state index contributed by atoms with van der Waals surface area (Å²) in [6.45, 7) is 4.64. The van der Waals surface area contributed by atoms with Gasteiger partial charge in [0.15, 0.2) is 0 Å². The fourth-order valence-corrected chi connectivity index (χ4v) is 1.58. The first-order valence-electron chi connectivity index (χ1n) is 4.15. The summed E-state index contributed by atoms with van der Waals surface area (Å²) in [7, 11) is 0. The molecule has 0 aromatic rings. The Kier molecular flexibility index (Phi) is 7.48. The molecule has 1 aliphatic rings. The van der Waals surface area contributed by atoms with Gasteiger partial charge in [-0.2, -0.15) is 18.8 Å². The van der Waals surface area contributed by atoms with Crippen molar-refractivity contribution in [3.8, 4) is 0 Å². The molecule has 0 unspecified atom stereocenters. The van der Waals surface area contributed by atoms with Gasteiger partial charge in [0.1, 0.15) is 0 Å². The Morgan fingerprint density at radius 2 is 1.50 bits per heavy atom. The van der Waals surface area contributed by atoms with Gasteiger partial charge in [-0.25, -0.2) is 0 Å². The zero-order chi connectivity index (χ0) is 6.69. The van der Waals surface area contributed by atoms with E-state index in [9.17, 15) is 0 Å². The van der Waals surface area contributed by atoms with E-state index in [-0.39, 0.29) is 58.2 Å². The van der Waals surface area contributed by atoms with Gasteiger partial charge in [0.2, 0.25) is 0 Å². The van der Waals surface area contributed by atoms with Crippen LogP contribution in [-0.4, -0.2) is 0 Å². The minimum atomic E-state index is 0. The fraction of sp³-hybridized carbons (Fsp3) is 0.889. The second-order valence-electron chi connectivity index (χ2n) is 3.37. The maximum Gasteiger partial charge on any atom is 1.00 e. The van der Waals surface area contributed by atoms with Crippen molar-refractivity contribution < 1.29 is 58.2 Å². The molecule has 0 aromatic carbocycles. The molecule has 0 N–H and O–H groups in total. The molecule has 10 heavy (non-hydrogen) atoms. The molecule has 1 fully saturated rings. The average Bonchev–Trinajstić information content (AvgIpc) is 1.90. The maximum atomic E-state index is 2.32. The molecular weight excluding hydrogens is 194 g/mol.